The SMILES string of the molecule is CCOc1ccccc1NCc1ccc(OCCOc2ccccc2)cc1. The number of nitrogens with one attached hydrogen (secondary N) is 1. The van der Waals surface area contributed by atoms with Crippen LogP contribution in [0.4, 0.5) is 5.69 Å². The molecule has 0 aliphatic rings. The summed E-state index contributed by atoms with van der Waals surface area (Å²) in [6.07, 6.45) is 0. The average Bonchev–Trinajstić information content (AvgIpc) is 2.72. The molecule has 3 aromatic carbocycles. The fourth-order valence-electron chi connectivity index (χ4n) is 2.63. The summed E-state index contributed by atoms with van der Waals surface area (Å²) < 4.78 is 17.0. The Kier molecular flexibility index (Phi) is 6.99. The summed E-state index contributed by atoms with van der Waals surface area (Å²) in [6.45, 7) is 4.39. The first-order valence-electron chi connectivity index (χ1n) is 9.20. The molecule has 4 heteroatoms. The molecule has 0 fully saturated rings. The smallest absolute Gasteiger partial charge is 0.142 e. The second-order valence-electron chi connectivity index (χ2n) is 5.94. The largest absolute Gasteiger partial charge is 0.492 e. The Hall–Kier alpha value is -3.14. The van der Waals surface area contributed by atoms with E-state index in [0.29, 0.717) is 19.8 Å². The highest BCUT2D eigenvalue weighted by Gasteiger charge is 2.02. The molecule has 0 aliphatic carbocycles. The molecule has 140 valence electrons. The summed E-state index contributed by atoms with van der Waals surface area (Å²) in [6, 6.07) is 25.8. The van der Waals surface area contributed by atoms with Crippen molar-refractivity contribution in [3.05, 3.63) is 84.4 Å². The van der Waals surface area contributed by atoms with Gasteiger partial charge in [-0.25, -0.2) is 0 Å². The summed E-state index contributed by atoms with van der Waals surface area (Å²) in [4.78, 5) is 0. The average molecular weight is 363 g/mol. The predicted molar refractivity (Wildman–Crippen MR) is 109 cm³/mol. The zero-order valence-corrected chi connectivity index (χ0v) is 15.6. The Morgan fingerprint density at radius 2 is 1.30 bits per heavy atom. The number of anilines is 1. The lowest BCUT2D eigenvalue weighted by atomic mass is 10.2. The predicted octanol–water partition coefficient (Wildman–Crippen LogP) is 5.16. The van der Waals surface area contributed by atoms with E-state index in [4.69, 9.17) is 14.2 Å². The van der Waals surface area contributed by atoms with E-state index in [1.165, 1.54) is 5.56 Å². The third-order valence-corrected chi connectivity index (χ3v) is 3.96. The molecule has 1 N–H and O–H groups in total. The van der Waals surface area contributed by atoms with Gasteiger partial charge in [0.2, 0.25) is 0 Å². The Morgan fingerprint density at radius 3 is 2.00 bits per heavy atom. The highest BCUT2D eigenvalue weighted by molar-refractivity contribution is 5.56. The van der Waals surface area contributed by atoms with Gasteiger partial charge in [-0.3, -0.25) is 0 Å². The van der Waals surface area contributed by atoms with Crippen LogP contribution >= 0.6 is 0 Å². The minimum atomic E-state index is 0.508. The van der Waals surface area contributed by atoms with Crippen molar-refractivity contribution in [2.75, 3.05) is 25.1 Å². The van der Waals surface area contributed by atoms with Gasteiger partial charge in [-0.05, 0) is 48.9 Å². The van der Waals surface area contributed by atoms with E-state index in [9.17, 15) is 0 Å². The Labute approximate surface area is 160 Å². The second kappa shape index (κ2) is 10.1. The molecule has 0 saturated carbocycles. The fraction of sp³-hybridized carbons (Fsp3) is 0.217. The molecule has 0 saturated heterocycles. The maximum Gasteiger partial charge on any atom is 0.142 e. The third-order valence-electron chi connectivity index (χ3n) is 3.96. The third kappa shape index (κ3) is 5.96. The lowest BCUT2D eigenvalue weighted by Gasteiger charge is -2.12. The lowest BCUT2D eigenvalue weighted by Crippen LogP contribution is -2.09. The van der Waals surface area contributed by atoms with Gasteiger partial charge in [-0.15, -0.1) is 0 Å². The second-order valence-corrected chi connectivity index (χ2v) is 5.94. The highest BCUT2D eigenvalue weighted by Crippen LogP contribution is 2.24. The normalized spacial score (nSPS) is 10.3. The van der Waals surface area contributed by atoms with Crippen molar-refractivity contribution in [3.63, 3.8) is 0 Å². The molecule has 0 aromatic heterocycles. The van der Waals surface area contributed by atoms with Crippen LogP contribution in [0.5, 0.6) is 17.2 Å². The molecule has 0 atom stereocenters. The summed E-state index contributed by atoms with van der Waals surface area (Å²) in [5.74, 6) is 2.57. The summed E-state index contributed by atoms with van der Waals surface area (Å²) >= 11 is 0. The van der Waals surface area contributed by atoms with Crippen molar-refractivity contribution in [2.24, 2.45) is 0 Å². The molecule has 27 heavy (non-hydrogen) atoms. The first kappa shape index (κ1) is 18.6. The number of benzene rings is 3. The van der Waals surface area contributed by atoms with E-state index < -0.39 is 0 Å². The van der Waals surface area contributed by atoms with Gasteiger partial charge >= 0.3 is 0 Å². The van der Waals surface area contributed by atoms with Crippen molar-refractivity contribution in [3.8, 4) is 17.2 Å². The van der Waals surface area contributed by atoms with E-state index in [2.05, 4.69) is 17.4 Å². The van der Waals surface area contributed by atoms with Gasteiger partial charge in [0.15, 0.2) is 0 Å². The standard InChI is InChI=1S/C23H25NO3/c1-2-25-23-11-7-6-10-22(23)24-18-19-12-14-21(15-13-19)27-17-16-26-20-8-4-3-5-9-20/h3-15,24H,2,16-18H2,1H3. The molecule has 0 spiro atoms. The fourth-order valence-corrected chi connectivity index (χ4v) is 2.63. The Bertz CT molecular complexity index is 803. The van der Waals surface area contributed by atoms with Gasteiger partial charge in [0, 0.05) is 6.54 Å². The van der Waals surface area contributed by atoms with Gasteiger partial charge in [-0.1, -0.05) is 42.5 Å². The number of hydrogen-bond acceptors (Lipinski definition) is 4. The summed E-state index contributed by atoms with van der Waals surface area (Å²) in [5.41, 5.74) is 2.17. The molecule has 4 nitrogen and oxygen atoms in total. The molecular formula is C23H25NO3. The number of rotatable bonds is 10. The number of ether oxygens (including phenoxy) is 3. The summed E-state index contributed by atoms with van der Waals surface area (Å²) in [7, 11) is 0. The number of para-hydroxylation sites is 3. The van der Waals surface area contributed by atoms with Crippen LogP contribution in [-0.2, 0) is 6.54 Å². The van der Waals surface area contributed by atoms with Crippen molar-refractivity contribution in [1.82, 2.24) is 0 Å². The molecule has 0 aliphatic heterocycles. The van der Waals surface area contributed by atoms with Crippen LogP contribution in [0, 0.1) is 0 Å². The van der Waals surface area contributed by atoms with Crippen molar-refractivity contribution in [1.29, 1.82) is 0 Å². The Morgan fingerprint density at radius 1 is 0.667 bits per heavy atom. The van der Waals surface area contributed by atoms with Crippen LogP contribution in [-0.4, -0.2) is 19.8 Å². The number of hydrogen-bond donors (Lipinski definition) is 1. The topological polar surface area (TPSA) is 39.7 Å². The minimum Gasteiger partial charge on any atom is -0.492 e. The molecule has 0 heterocycles. The Balaban J connectivity index is 1.43. The van der Waals surface area contributed by atoms with Gasteiger partial charge in [-0.2, -0.15) is 0 Å². The zero-order valence-electron chi connectivity index (χ0n) is 15.6. The van der Waals surface area contributed by atoms with E-state index in [1.807, 2.05) is 73.7 Å². The van der Waals surface area contributed by atoms with E-state index in [-0.39, 0.29) is 0 Å². The van der Waals surface area contributed by atoms with Crippen LogP contribution in [0.1, 0.15) is 12.5 Å². The molecule has 0 radical (unpaired) electrons. The van der Waals surface area contributed by atoms with Crippen LogP contribution in [0.3, 0.4) is 0 Å². The van der Waals surface area contributed by atoms with Crippen molar-refractivity contribution in [2.45, 2.75) is 13.5 Å². The van der Waals surface area contributed by atoms with E-state index >= 15 is 0 Å². The van der Waals surface area contributed by atoms with Crippen LogP contribution in [0.2, 0.25) is 0 Å². The van der Waals surface area contributed by atoms with Crippen LogP contribution in [0.15, 0.2) is 78.9 Å². The van der Waals surface area contributed by atoms with Crippen molar-refractivity contribution < 1.29 is 14.2 Å². The minimum absolute atomic E-state index is 0.508. The van der Waals surface area contributed by atoms with E-state index in [1.54, 1.807) is 0 Å². The van der Waals surface area contributed by atoms with Gasteiger partial charge in [0.25, 0.3) is 0 Å². The maximum absolute atomic E-state index is 5.73. The van der Waals surface area contributed by atoms with Gasteiger partial charge in [0.05, 0.1) is 12.3 Å². The van der Waals surface area contributed by atoms with E-state index in [0.717, 1.165) is 29.5 Å². The first-order chi connectivity index (χ1) is 13.3. The highest BCUT2D eigenvalue weighted by atomic mass is 16.5. The van der Waals surface area contributed by atoms with Crippen LogP contribution in [0.25, 0.3) is 0 Å². The molecule has 0 amide bonds. The molecule has 0 bridgehead atoms. The molecular weight excluding hydrogens is 338 g/mol. The van der Waals surface area contributed by atoms with Gasteiger partial charge < -0.3 is 19.5 Å². The first-order valence-corrected chi connectivity index (χ1v) is 9.20. The monoisotopic (exact) mass is 363 g/mol. The molecule has 0 unspecified atom stereocenters. The summed E-state index contributed by atoms with van der Waals surface area (Å²) in [5, 5.41) is 3.42. The quantitative estimate of drug-likeness (QED) is 0.505. The van der Waals surface area contributed by atoms with Gasteiger partial charge in [0.1, 0.15) is 30.5 Å². The van der Waals surface area contributed by atoms with Crippen molar-refractivity contribution >= 4 is 5.69 Å². The maximum atomic E-state index is 5.73. The zero-order chi connectivity index (χ0) is 18.7. The lowest BCUT2D eigenvalue weighted by molar-refractivity contribution is 0.217. The van der Waals surface area contributed by atoms with Crippen LogP contribution < -0.4 is 19.5 Å². The molecule has 3 rings (SSSR count). The molecule has 3 aromatic rings.